The van der Waals surface area contributed by atoms with Crippen LogP contribution in [0.25, 0.3) is 0 Å². The molecule has 0 aromatic heterocycles. The van der Waals surface area contributed by atoms with Crippen LogP contribution >= 0.6 is 23.2 Å². The maximum Gasteiger partial charge on any atom is 0.271 e. The van der Waals surface area contributed by atoms with E-state index in [1.807, 2.05) is 18.2 Å². The van der Waals surface area contributed by atoms with E-state index in [0.29, 0.717) is 15.6 Å². The van der Waals surface area contributed by atoms with E-state index in [0.717, 1.165) is 11.3 Å². The van der Waals surface area contributed by atoms with Crippen LogP contribution in [-0.4, -0.2) is 19.2 Å². The highest BCUT2D eigenvalue weighted by atomic mass is 35.5. The van der Waals surface area contributed by atoms with Gasteiger partial charge in [0.15, 0.2) is 0 Å². The van der Waals surface area contributed by atoms with Crippen LogP contribution in [0.4, 0.5) is 0 Å². The second-order valence-electron chi connectivity index (χ2n) is 4.10. The maximum absolute atomic E-state index is 11.9. The first-order valence-electron chi connectivity index (χ1n) is 6.02. The Morgan fingerprint density at radius 1 is 1.19 bits per heavy atom. The van der Waals surface area contributed by atoms with Gasteiger partial charge in [-0.1, -0.05) is 35.3 Å². The molecule has 2 rings (SSSR count). The SMILES string of the molecule is COc1cccc(/C=N\NC(=O)c2ccc(Cl)c(Cl)c2)c1. The normalized spacial score (nSPS) is 10.6. The monoisotopic (exact) mass is 322 g/mol. The zero-order valence-corrected chi connectivity index (χ0v) is 12.7. The molecule has 4 nitrogen and oxygen atoms in total. The predicted molar refractivity (Wildman–Crippen MR) is 84.5 cm³/mol. The smallest absolute Gasteiger partial charge is 0.271 e. The second kappa shape index (κ2) is 7.11. The molecular formula is C15H12Cl2N2O2. The molecule has 0 radical (unpaired) electrons. The van der Waals surface area contributed by atoms with Gasteiger partial charge in [-0.3, -0.25) is 4.79 Å². The highest BCUT2D eigenvalue weighted by Gasteiger charge is 2.06. The van der Waals surface area contributed by atoms with Gasteiger partial charge in [0.1, 0.15) is 5.75 Å². The third-order valence-electron chi connectivity index (χ3n) is 2.66. The summed E-state index contributed by atoms with van der Waals surface area (Å²) < 4.78 is 5.10. The lowest BCUT2D eigenvalue weighted by molar-refractivity contribution is 0.0955. The summed E-state index contributed by atoms with van der Waals surface area (Å²) in [5, 5.41) is 4.61. The molecule has 1 N–H and O–H groups in total. The molecule has 1 amide bonds. The van der Waals surface area contributed by atoms with Crippen molar-refractivity contribution in [3.05, 3.63) is 63.6 Å². The van der Waals surface area contributed by atoms with Crippen LogP contribution in [0.5, 0.6) is 5.75 Å². The molecule has 108 valence electrons. The van der Waals surface area contributed by atoms with Crippen molar-refractivity contribution >= 4 is 35.3 Å². The summed E-state index contributed by atoms with van der Waals surface area (Å²) in [5.74, 6) is 0.350. The standard InChI is InChI=1S/C15H12Cl2N2O2/c1-21-12-4-2-3-10(7-12)9-18-19-15(20)11-5-6-13(16)14(17)8-11/h2-9H,1H3,(H,19,20)/b18-9-. The molecule has 2 aromatic carbocycles. The summed E-state index contributed by atoms with van der Waals surface area (Å²) in [6, 6.07) is 11.9. The fourth-order valence-corrected chi connectivity index (χ4v) is 1.89. The van der Waals surface area contributed by atoms with Crippen molar-refractivity contribution in [1.82, 2.24) is 5.43 Å². The van der Waals surface area contributed by atoms with Crippen molar-refractivity contribution in [1.29, 1.82) is 0 Å². The fraction of sp³-hybridized carbons (Fsp3) is 0.0667. The summed E-state index contributed by atoms with van der Waals surface area (Å²) in [7, 11) is 1.59. The Bertz CT molecular complexity index is 687. The average Bonchev–Trinajstić information content (AvgIpc) is 2.50. The summed E-state index contributed by atoms with van der Waals surface area (Å²) in [6.07, 6.45) is 1.53. The van der Waals surface area contributed by atoms with Crippen molar-refractivity contribution in [3.63, 3.8) is 0 Å². The Morgan fingerprint density at radius 2 is 2.00 bits per heavy atom. The van der Waals surface area contributed by atoms with Gasteiger partial charge in [0.25, 0.3) is 5.91 Å². The molecule has 0 unspecified atom stereocenters. The van der Waals surface area contributed by atoms with E-state index in [4.69, 9.17) is 27.9 Å². The third-order valence-corrected chi connectivity index (χ3v) is 3.39. The first-order valence-corrected chi connectivity index (χ1v) is 6.78. The largest absolute Gasteiger partial charge is 0.497 e. The van der Waals surface area contributed by atoms with Crippen LogP contribution in [0, 0.1) is 0 Å². The highest BCUT2D eigenvalue weighted by molar-refractivity contribution is 6.42. The Morgan fingerprint density at radius 3 is 2.71 bits per heavy atom. The summed E-state index contributed by atoms with van der Waals surface area (Å²) >= 11 is 11.7. The van der Waals surface area contributed by atoms with Gasteiger partial charge >= 0.3 is 0 Å². The number of hydrazone groups is 1. The van der Waals surface area contributed by atoms with Crippen molar-refractivity contribution in [2.45, 2.75) is 0 Å². The fourth-order valence-electron chi connectivity index (χ4n) is 1.59. The van der Waals surface area contributed by atoms with Crippen molar-refractivity contribution in [2.24, 2.45) is 5.10 Å². The third kappa shape index (κ3) is 4.21. The van der Waals surface area contributed by atoms with Gasteiger partial charge in [0.05, 0.1) is 23.4 Å². The molecule has 0 spiro atoms. The van der Waals surface area contributed by atoms with E-state index in [1.165, 1.54) is 12.3 Å². The van der Waals surface area contributed by atoms with Crippen molar-refractivity contribution < 1.29 is 9.53 Å². The zero-order valence-electron chi connectivity index (χ0n) is 11.1. The van der Waals surface area contributed by atoms with E-state index >= 15 is 0 Å². The Labute approximate surface area is 132 Å². The van der Waals surface area contributed by atoms with E-state index in [9.17, 15) is 4.79 Å². The number of rotatable bonds is 4. The number of benzene rings is 2. The van der Waals surface area contributed by atoms with E-state index in [-0.39, 0.29) is 5.91 Å². The van der Waals surface area contributed by atoms with Gasteiger partial charge in [-0.15, -0.1) is 0 Å². The van der Waals surface area contributed by atoms with Crippen molar-refractivity contribution in [2.75, 3.05) is 7.11 Å². The summed E-state index contributed by atoms with van der Waals surface area (Å²) in [5.41, 5.74) is 3.61. The lowest BCUT2D eigenvalue weighted by atomic mass is 10.2. The van der Waals surface area contributed by atoms with E-state index in [1.54, 1.807) is 25.3 Å². The van der Waals surface area contributed by atoms with Gasteiger partial charge in [0, 0.05) is 5.56 Å². The van der Waals surface area contributed by atoms with Crippen LogP contribution in [0.15, 0.2) is 47.6 Å². The molecule has 6 heteroatoms. The molecule has 21 heavy (non-hydrogen) atoms. The number of nitrogens with zero attached hydrogens (tertiary/aromatic N) is 1. The van der Waals surface area contributed by atoms with Gasteiger partial charge in [-0.05, 0) is 35.9 Å². The number of ether oxygens (including phenoxy) is 1. The lowest BCUT2D eigenvalue weighted by Crippen LogP contribution is -2.17. The molecular weight excluding hydrogens is 311 g/mol. The lowest BCUT2D eigenvalue weighted by Gasteiger charge is -2.02. The molecule has 0 bridgehead atoms. The van der Waals surface area contributed by atoms with E-state index < -0.39 is 0 Å². The molecule has 0 aliphatic heterocycles. The zero-order chi connectivity index (χ0) is 15.2. The number of carbonyl (C=O) groups is 1. The quantitative estimate of drug-likeness (QED) is 0.688. The minimum atomic E-state index is -0.368. The number of methoxy groups -OCH3 is 1. The van der Waals surface area contributed by atoms with Gasteiger partial charge in [-0.2, -0.15) is 5.10 Å². The minimum absolute atomic E-state index is 0.320. The molecule has 0 atom stereocenters. The molecule has 0 fully saturated rings. The Kier molecular flexibility index (Phi) is 5.20. The second-order valence-corrected chi connectivity index (χ2v) is 4.92. The number of carbonyl (C=O) groups excluding carboxylic acids is 1. The average molecular weight is 323 g/mol. The summed E-state index contributed by atoms with van der Waals surface area (Å²) in [6.45, 7) is 0. The number of amides is 1. The van der Waals surface area contributed by atoms with Crippen LogP contribution in [-0.2, 0) is 0 Å². The topological polar surface area (TPSA) is 50.7 Å². The molecule has 0 saturated carbocycles. The molecule has 0 saturated heterocycles. The van der Waals surface area contributed by atoms with Crippen LogP contribution in [0.1, 0.15) is 15.9 Å². The van der Waals surface area contributed by atoms with Crippen LogP contribution in [0.2, 0.25) is 10.0 Å². The molecule has 0 heterocycles. The van der Waals surface area contributed by atoms with Gasteiger partial charge < -0.3 is 4.74 Å². The number of hydrogen-bond acceptors (Lipinski definition) is 3. The molecule has 2 aromatic rings. The van der Waals surface area contributed by atoms with Crippen LogP contribution in [0.3, 0.4) is 0 Å². The maximum atomic E-state index is 11.9. The number of nitrogens with one attached hydrogen (secondary N) is 1. The highest BCUT2D eigenvalue weighted by Crippen LogP contribution is 2.22. The first kappa shape index (κ1) is 15.4. The summed E-state index contributed by atoms with van der Waals surface area (Å²) in [4.78, 5) is 11.9. The number of hydrogen-bond donors (Lipinski definition) is 1. The minimum Gasteiger partial charge on any atom is -0.497 e. The first-order chi connectivity index (χ1) is 10.1. The predicted octanol–water partition coefficient (Wildman–Crippen LogP) is 3.77. The van der Waals surface area contributed by atoms with Gasteiger partial charge in [-0.25, -0.2) is 5.43 Å². The molecule has 0 aliphatic carbocycles. The molecule has 0 aliphatic rings. The van der Waals surface area contributed by atoms with E-state index in [2.05, 4.69) is 10.5 Å². The van der Waals surface area contributed by atoms with Crippen molar-refractivity contribution in [3.8, 4) is 5.75 Å². The Hall–Kier alpha value is -2.04. The van der Waals surface area contributed by atoms with Gasteiger partial charge in [0.2, 0.25) is 0 Å². The van der Waals surface area contributed by atoms with Crippen LogP contribution < -0.4 is 10.2 Å². The Balaban J connectivity index is 2.02. The number of halogens is 2.